The molecule has 0 aliphatic carbocycles. The zero-order chi connectivity index (χ0) is 15.1. The molecule has 1 amide bonds. The lowest BCUT2D eigenvalue weighted by Crippen LogP contribution is -2.33. The van der Waals surface area contributed by atoms with Gasteiger partial charge in [0.1, 0.15) is 0 Å². The van der Waals surface area contributed by atoms with Crippen LogP contribution in [0.3, 0.4) is 0 Å². The SMILES string of the molecule is CCCNc1ccc(C)cc1C(=O)NCCN1CCCC1. The van der Waals surface area contributed by atoms with Gasteiger partial charge in [-0.3, -0.25) is 4.79 Å². The Bertz CT molecular complexity index is 467. The predicted octanol–water partition coefficient (Wildman–Crippen LogP) is 2.64. The van der Waals surface area contributed by atoms with Gasteiger partial charge in [0.15, 0.2) is 0 Å². The standard InChI is InChI=1S/C17H27N3O/c1-3-8-18-16-7-6-14(2)13-15(16)17(21)19-9-12-20-10-4-5-11-20/h6-7,13,18H,3-5,8-12H2,1-2H3,(H,19,21). The van der Waals surface area contributed by atoms with Crippen LogP contribution in [0, 0.1) is 6.92 Å². The highest BCUT2D eigenvalue weighted by molar-refractivity contribution is 5.99. The zero-order valence-corrected chi connectivity index (χ0v) is 13.2. The smallest absolute Gasteiger partial charge is 0.253 e. The van der Waals surface area contributed by atoms with Crippen molar-refractivity contribution in [1.82, 2.24) is 10.2 Å². The molecule has 0 unspecified atom stereocenters. The Labute approximate surface area is 127 Å². The van der Waals surface area contributed by atoms with Crippen LogP contribution in [0.25, 0.3) is 0 Å². The highest BCUT2D eigenvalue weighted by Gasteiger charge is 2.13. The molecule has 0 atom stereocenters. The average Bonchev–Trinajstić information content (AvgIpc) is 2.99. The molecule has 1 aromatic carbocycles. The average molecular weight is 289 g/mol. The lowest BCUT2D eigenvalue weighted by molar-refractivity contribution is 0.0950. The van der Waals surface area contributed by atoms with Crippen LogP contribution in [0.2, 0.25) is 0 Å². The molecule has 0 saturated carbocycles. The molecule has 2 N–H and O–H groups in total. The number of rotatable bonds is 7. The highest BCUT2D eigenvalue weighted by atomic mass is 16.1. The minimum Gasteiger partial charge on any atom is -0.384 e. The summed E-state index contributed by atoms with van der Waals surface area (Å²) in [6.45, 7) is 9.04. The van der Waals surface area contributed by atoms with E-state index in [9.17, 15) is 4.79 Å². The van der Waals surface area contributed by atoms with Gasteiger partial charge in [0.25, 0.3) is 5.91 Å². The second-order valence-electron chi connectivity index (χ2n) is 5.78. The molecular weight excluding hydrogens is 262 g/mol. The van der Waals surface area contributed by atoms with Gasteiger partial charge in [-0.05, 0) is 51.4 Å². The van der Waals surface area contributed by atoms with Crippen molar-refractivity contribution in [3.05, 3.63) is 29.3 Å². The van der Waals surface area contributed by atoms with E-state index in [0.29, 0.717) is 0 Å². The van der Waals surface area contributed by atoms with E-state index in [-0.39, 0.29) is 5.91 Å². The normalized spacial score (nSPS) is 15.1. The third kappa shape index (κ3) is 4.74. The fourth-order valence-corrected chi connectivity index (χ4v) is 2.69. The first-order chi connectivity index (χ1) is 10.2. The lowest BCUT2D eigenvalue weighted by Gasteiger charge is -2.16. The second kappa shape index (κ2) is 8.03. The van der Waals surface area contributed by atoms with Crippen molar-refractivity contribution in [2.45, 2.75) is 33.1 Å². The molecule has 0 radical (unpaired) electrons. The molecule has 21 heavy (non-hydrogen) atoms. The molecule has 1 aliphatic rings. The Morgan fingerprint density at radius 1 is 1.24 bits per heavy atom. The summed E-state index contributed by atoms with van der Waals surface area (Å²) < 4.78 is 0. The molecule has 0 bridgehead atoms. The summed E-state index contributed by atoms with van der Waals surface area (Å²) in [6.07, 6.45) is 3.62. The van der Waals surface area contributed by atoms with Gasteiger partial charge >= 0.3 is 0 Å². The van der Waals surface area contributed by atoms with Gasteiger partial charge in [0.2, 0.25) is 0 Å². The van der Waals surface area contributed by atoms with Crippen LogP contribution in [0.15, 0.2) is 18.2 Å². The van der Waals surface area contributed by atoms with E-state index in [0.717, 1.165) is 42.9 Å². The third-order valence-corrected chi connectivity index (χ3v) is 3.90. The lowest BCUT2D eigenvalue weighted by atomic mass is 10.1. The number of hydrogen-bond acceptors (Lipinski definition) is 3. The van der Waals surface area contributed by atoms with Gasteiger partial charge in [0, 0.05) is 25.3 Å². The van der Waals surface area contributed by atoms with Crippen LogP contribution < -0.4 is 10.6 Å². The Kier molecular flexibility index (Phi) is 6.05. The summed E-state index contributed by atoms with van der Waals surface area (Å²) in [6, 6.07) is 6.00. The van der Waals surface area contributed by atoms with E-state index in [1.54, 1.807) is 0 Å². The van der Waals surface area contributed by atoms with Crippen molar-refractivity contribution in [3.63, 3.8) is 0 Å². The van der Waals surface area contributed by atoms with Crippen LogP contribution >= 0.6 is 0 Å². The van der Waals surface area contributed by atoms with Crippen LogP contribution in [0.1, 0.15) is 42.1 Å². The quantitative estimate of drug-likeness (QED) is 0.811. The topological polar surface area (TPSA) is 44.4 Å². The van der Waals surface area contributed by atoms with Gasteiger partial charge in [-0.15, -0.1) is 0 Å². The number of carbonyl (C=O) groups is 1. The van der Waals surface area contributed by atoms with E-state index in [4.69, 9.17) is 0 Å². The van der Waals surface area contributed by atoms with Crippen LogP contribution in [-0.2, 0) is 0 Å². The van der Waals surface area contributed by atoms with E-state index in [1.165, 1.54) is 25.9 Å². The summed E-state index contributed by atoms with van der Waals surface area (Å²) in [5, 5.41) is 6.38. The number of benzene rings is 1. The summed E-state index contributed by atoms with van der Waals surface area (Å²) >= 11 is 0. The Morgan fingerprint density at radius 3 is 2.71 bits per heavy atom. The fourth-order valence-electron chi connectivity index (χ4n) is 2.69. The van der Waals surface area contributed by atoms with E-state index in [1.807, 2.05) is 25.1 Å². The van der Waals surface area contributed by atoms with E-state index in [2.05, 4.69) is 22.5 Å². The van der Waals surface area contributed by atoms with E-state index >= 15 is 0 Å². The van der Waals surface area contributed by atoms with Crippen molar-refractivity contribution in [1.29, 1.82) is 0 Å². The number of amides is 1. The van der Waals surface area contributed by atoms with Crippen molar-refractivity contribution in [3.8, 4) is 0 Å². The van der Waals surface area contributed by atoms with Crippen molar-refractivity contribution in [2.24, 2.45) is 0 Å². The number of hydrogen-bond donors (Lipinski definition) is 2. The Balaban J connectivity index is 1.91. The minimum absolute atomic E-state index is 0.0245. The molecule has 2 rings (SSSR count). The number of likely N-dealkylation sites (tertiary alicyclic amines) is 1. The van der Waals surface area contributed by atoms with Crippen molar-refractivity contribution in [2.75, 3.05) is 38.0 Å². The van der Waals surface area contributed by atoms with Crippen molar-refractivity contribution < 1.29 is 4.79 Å². The van der Waals surface area contributed by atoms with Gasteiger partial charge in [-0.2, -0.15) is 0 Å². The molecular formula is C17H27N3O. The first kappa shape index (κ1) is 15.8. The predicted molar refractivity (Wildman–Crippen MR) is 88.0 cm³/mol. The van der Waals surface area contributed by atoms with Gasteiger partial charge < -0.3 is 15.5 Å². The van der Waals surface area contributed by atoms with Gasteiger partial charge in [-0.25, -0.2) is 0 Å². The molecule has 4 heteroatoms. The first-order valence-electron chi connectivity index (χ1n) is 8.06. The van der Waals surface area contributed by atoms with E-state index < -0.39 is 0 Å². The van der Waals surface area contributed by atoms with Gasteiger partial charge in [-0.1, -0.05) is 18.6 Å². The maximum atomic E-state index is 12.4. The molecule has 1 heterocycles. The number of nitrogens with one attached hydrogen (secondary N) is 2. The number of nitrogens with zero attached hydrogens (tertiary/aromatic N) is 1. The van der Waals surface area contributed by atoms with Crippen molar-refractivity contribution >= 4 is 11.6 Å². The molecule has 1 aliphatic heterocycles. The minimum atomic E-state index is 0.0245. The monoisotopic (exact) mass is 289 g/mol. The highest BCUT2D eigenvalue weighted by Crippen LogP contribution is 2.17. The maximum absolute atomic E-state index is 12.4. The number of anilines is 1. The van der Waals surface area contributed by atoms with Gasteiger partial charge in [0.05, 0.1) is 5.56 Å². The molecule has 0 aromatic heterocycles. The number of aryl methyl sites for hydroxylation is 1. The Hall–Kier alpha value is -1.55. The Morgan fingerprint density at radius 2 is 2.00 bits per heavy atom. The summed E-state index contributed by atoms with van der Waals surface area (Å²) in [5.74, 6) is 0.0245. The second-order valence-corrected chi connectivity index (χ2v) is 5.78. The zero-order valence-electron chi connectivity index (χ0n) is 13.2. The van der Waals surface area contributed by atoms with Crippen LogP contribution in [0.5, 0.6) is 0 Å². The molecule has 0 spiro atoms. The van der Waals surface area contributed by atoms with Crippen LogP contribution in [-0.4, -0.2) is 43.5 Å². The molecule has 1 aromatic rings. The molecule has 4 nitrogen and oxygen atoms in total. The fraction of sp³-hybridized carbons (Fsp3) is 0.588. The largest absolute Gasteiger partial charge is 0.384 e. The summed E-state index contributed by atoms with van der Waals surface area (Å²) in [5.41, 5.74) is 2.80. The first-order valence-corrected chi connectivity index (χ1v) is 8.06. The third-order valence-electron chi connectivity index (χ3n) is 3.90. The van der Waals surface area contributed by atoms with Crippen LogP contribution in [0.4, 0.5) is 5.69 Å². The molecule has 1 fully saturated rings. The number of carbonyl (C=O) groups excluding carboxylic acids is 1. The summed E-state index contributed by atoms with van der Waals surface area (Å²) in [4.78, 5) is 14.8. The summed E-state index contributed by atoms with van der Waals surface area (Å²) in [7, 11) is 0. The molecule has 1 saturated heterocycles. The molecule has 116 valence electrons. The maximum Gasteiger partial charge on any atom is 0.253 e.